The topological polar surface area (TPSA) is 128 Å². The van der Waals surface area contributed by atoms with Crippen molar-refractivity contribution in [1.29, 1.82) is 0 Å². The lowest BCUT2D eigenvalue weighted by Gasteiger charge is -2.12. The lowest BCUT2D eigenvalue weighted by atomic mass is 10.1. The summed E-state index contributed by atoms with van der Waals surface area (Å²) in [4.78, 5) is 37.1. The molecule has 2 heterocycles. The summed E-state index contributed by atoms with van der Waals surface area (Å²) in [5.41, 5.74) is 0.664. The van der Waals surface area contributed by atoms with E-state index in [1.807, 2.05) is 0 Å². The second-order valence-corrected chi connectivity index (χ2v) is 8.58. The van der Waals surface area contributed by atoms with Gasteiger partial charge in [0.1, 0.15) is 0 Å². The van der Waals surface area contributed by atoms with E-state index in [9.17, 15) is 18.0 Å². The van der Waals surface area contributed by atoms with Crippen LogP contribution in [0.3, 0.4) is 0 Å². The van der Waals surface area contributed by atoms with Crippen molar-refractivity contribution in [2.45, 2.75) is 13.0 Å². The van der Waals surface area contributed by atoms with Crippen LogP contribution in [0.4, 0.5) is 5.69 Å². The summed E-state index contributed by atoms with van der Waals surface area (Å²) in [5, 5.41) is 1.97. The van der Waals surface area contributed by atoms with Crippen LogP contribution in [0.25, 0.3) is 10.8 Å². The SMILES string of the molecule is CC(OC(=O)c1csc(-c2ncccn2)n1)C(=O)c1ccc(NS(C)(=O)=O)cc1. The molecule has 0 aliphatic carbocycles. The number of nitrogens with one attached hydrogen (secondary N) is 1. The Hall–Kier alpha value is -3.18. The predicted molar refractivity (Wildman–Crippen MR) is 107 cm³/mol. The van der Waals surface area contributed by atoms with Gasteiger partial charge < -0.3 is 4.74 Å². The Bertz CT molecular complexity index is 1130. The minimum atomic E-state index is -3.41. The highest BCUT2D eigenvalue weighted by Gasteiger charge is 2.22. The van der Waals surface area contributed by atoms with Crippen LogP contribution in [0.1, 0.15) is 27.8 Å². The number of esters is 1. The van der Waals surface area contributed by atoms with Gasteiger partial charge in [0.15, 0.2) is 22.6 Å². The third-order valence-corrected chi connectivity index (χ3v) is 5.04. The van der Waals surface area contributed by atoms with E-state index in [-0.39, 0.29) is 11.3 Å². The maximum atomic E-state index is 12.5. The standard InChI is InChI=1S/C18H16N4O5S2/c1-11(15(23)12-4-6-13(7-5-12)22-29(2,25)26)27-18(24)14-10-28-17(21-14)16-19-8-3-9-20-16/h3-11,22H,1-2H3. The molecular formula is C18H16N4O5S2. The molecule has 9 nitrogen and oxygen atoms in total. The van der Waals surface area contributed by atoms with E-state index in [4.69, 9.17) is 4.74 Å². The number of sulfonamides is 1. The van der Waals surface area contributed by atoms with Gasteiger partial charge in [0.05, 0.1) is 6.26 Å². The molecule has 0 saturated carbocycles. The molecule has 1 aromatic carbocycles. The molecule has 3 aromatic rings. The summed E-state index contributed by atoms with van der Waals surface area (Å²) in [6.07, 6.45) is 3.12. The Morgan fingerprint density at radius 2 is 1.79 bits per heavy atom. The van der Waals surface area contributed by atoms with Gasteiger partial charge in [-0.3, -0.25) is 9.52 Å². The van der Waals surface area contributed by atoms with Crippen molar-refractivity contribution >= 4 is 38.8 Å². The molecule has 0 amide bonds. The van der Waals surface area contributed by atoms with E-state index in [1.165, 1.54) is 47.9 Å². The molecule has 3 rings (SSSR count). The van der Waals surface area contributed by atoms with E-state index in [1.54, 1.807) is 18.5 Å². The molecule has 0 saturated heterocycles. The molecule has 2 aromatic heterocycles. The number of ketones is 1. The number of hydrogen-bond acceptors (Lipinski definition) is 9. The van der Waals surface area contributed by atoms with E-state index in [0.717, 1.165) is 6.26 Å². The Morgan fingerprint density at radius 1 is 1.14 bits per heavy atom. The Balaban J connectivity index is 1.65. The first-order chi connectivity index (χ1) is 13.7. The average Bonchev–Trinajstić information content (AvgIpc) is 3.18. The quantitative estimate of drug-likeness (QED) is 0.445. The van der Waals surface area contributed by atoms with Gasteiger partial charge in [-0.25, -0.2) is 28.2 Å². The second kappa shape index (κ2) is 8.45. The van der Waals surface area contributed by atoms with Crippen LogP contribution in [0.5, 0.6) is 0 Å². The fourth-order valence-electron chi connectivity index (χ4n) is 2.31. The van der Waals surface area contributed by atoms with E-state index < -0.39 is 27.9 Å². The maximum Gasteiger partial charge on any atom is 0.358 e. The highest BCUT2D eigenvalue weighted by Crippen LogP contribution is 2.21. The van der Waals surface area contributed by atoms with Gasteiger partial charge in [0, 0.05) is 29.0 Å². The van der Waals surface area contributed by atoms with E-state index in [2.05, 4.69) is 19.7 Å². The molecule has 0 fully saturated rings. The number of aromatic nitrogens is 3. The predicted octanol–water partition coefficient (Wildman–Crippen LogP) is 2.40. The van der Waals surface area contributed by atoms with Crippen molar-refractivity contribution < 1.29 is 22.7 Å². The van der Waals surface area contributed by atoms with Crippen molar-refractivity contribution in [3.63, 3.8) is 0 Å². The number of hydrogen-bond donors (Lipinski definition) is 1. The van der Waals surface area contributed by atoms with Crippen molar-refractivity contribution in [1.82, 2.24) is 15.0 Å². The summed E-state index contributed by atoms with van der Waals surface area (Å²) < 4.78 is 30.0. The molecule has 29 heavy (non-hydrogen) atoms. The minimum absolute atomic E-state index is 0.0600. The summed E-state index contributed by atoms with van der Waals surface area (Å²) in [7, 11) is -3.41. The van der Waals surface area contributed by atoms with Gasteiger partial charge in [-0.05, 0) is 37.3 Å². The molecule has 1 N–H and O–H groups in total. The molecule has 0 bridgehead atoms. The number of benzene rings is 1. The molecule has 1 unspecified atom stereocenters. The molecule has 1 atom stereocenters. The molecule has 0 spiro atoms. The lowest BCUT2D eigenvalue weighted by molar-refractivity contribution is 0.0314. The van der Waals surface area contributed by atoms with Crippen molar-refractivity contribution in [3.8, 4) is 10.8 Å². The van der Waals surface area contributed by atoms with Crippen LogP contribution in [-0.2, 0) is 14.8 Å². The maximum absolute atomic E-state index is 12.5. The lowest BCUT2D eigenvalue weighted by Crippen LogP contribution is -2.24. The first kappa shape index (κ1) is 20.6. The Labute approximate surface area is 170 Å². The second-order valence-electron chi connectivity index (χ2n) is 5.97. The summed E-state index contributed by atoms with van der Waals surface area (Å²) >= 11 is 1.19. The summed E-state index contributed by atoms with van der Waals surface area (Å²) in [6.45, 7) is 1.45. The number of carbonyl (C=O) groups excluding carboxylic acids is 2. The van der Waals surface area contributed by atoms with Crippen LogP contribution in [-0.4, -0.2) is 47.5 Å². The van der Waals surface area contributed by atoms with Gasteiger partial charge in [-0.15, -0.1) is 11.3 Å². The highest BCUT2D eigenvalue weighted by atomic mass is 32.2. The number of thiazole rings is 1. The highest BCUT2D eigenvalue weighted by molar-refractivity contribution is 7.92. The number of anilines is 1. The van der Waals surface area contributed by atoms with Crippen LogP contribution in [0.2, 0.25) is 0 Å². The number of nitrogens with zero attached hydrogens (tertiary/aromatic N) is 3. The average molecular weight is 432 g/mol. The first-order valence-corrected chi connectivity index (χ1v) is 11.1. The smallest absolute Gasteiger partial charge is 0.358 e. The Morgan fingerprint density at radius 3 is 2.41 bits per heavy atom. The molecule has 11 heteroatoms. The van der Waals surface area contributed by atoms with Crippen molar-refractivity contribution in [2.75, 3.05) is 11.0 Å². The molecular weight excluding hydrogens is 416 g/mol. The zero-order chi connectivity index (χ0) is 21.0. The number of rotatable bonds is 7. The number of carbonyl (C=O) groups is 2. The van der Waals surface area contributed by atoms with Gasteiger partial charge in [-0.1, -0.05) is 0 Å². The normalized spacial score (nSPS) is 12.2. The first-order valence-electron chi connectivity index (χ1n) is 8.29. The van der Waals surface area contributed by atoms with Crippen LogP contribution in [0.15, 0.2) is 48.1 Å². The van der Waals surface area contributed by atoms with Gasteiger partial charge in [0.25, 0.3) is 0 Å². The monoisotopic (exact) mass is 432 g/mol. The van der Waals surface area contributed by atoms with Crippen molar-refractivity contribution in [2.24, 2.45) is 0 Å². The van der Waals surface area contributed by atoms with E-state index >= 15 is 0 Å². The third-order valence-electron chi connectivity index (χ3n) is 3.60. The third kappa shape index (κ3) is 5.42. The van der Waals surface area contributed by atoms with Crippen LogP contribution < -0.4 is 4.72 Å². The summed E-state index contributed by atoms with van der Waals surface area (Å²) in [5.74, 6) is -0.769. The van der Waals surface area contributed by atoms with Crippen LogP contribution >= 0.6 is 11.3 Å². The van der Waals surface area contributed by atoms with Crippen LogP contribution in [0, 0.1) is 0 Å². The van der Waals surface area contributed by atoms with E-state index in [0.29, 0.717) is 16.5 Å². The molecule has 0 aliphatic heterocycles. The van der Waals surface area contributed by atoms with Gasteiger partial charge in [-0.2, -0.15) is 0 Å². The fraction of sp³-hybridized carbons (Fsp3) is 0.167. The van der Waals surface area contributed by atoms with Gasteiger partial charge in [0.2, 0.25) is 15.8 Å². The fourth-order valence-corrected chi connectivity index (χ4v) is 3.60. The zero-order valence-corrected chi connectivity index (χ0v) is 17.0. The number of Topliss-reactive ketones (excluding diaryl/α,β-unsaturated/α-hetero) is 1. The van der Waals surface area contributed by atoms with Gasteiger partial charge >= 0.3 is 5.97 Å². The Kier molecular flexibility index (Phi) is 5.99. The van der Waals surface area contributed by atoms with Crippen molar-refractivity contribution in [3.05, 3.63) is 59.4 Å². The minimum Gasteiger partial charge on any atom is -0.450 e. The zero-order valence-electron chi connectivity index (χ0n) is 15.4. The largest absolute Gasteiger partial charge is 0.450 e. The molecule has 0 aliphatic rings. The molecule has 150 valence electrons. The molecule has 0 radical (unpaired) electrons. The number of ether oxygens (including phenoxy) is 1. The summed E-state index contributed by atoms with van der Waals surface area (Å²) in [6, 6.07) is 7.48.